The molecule has 0 saturated heterocycles. The molecule has 0 aliphatic rings. The Morgan fingerprint density at radius 1 is 0.189 bits per heavy atom. The van der Waals surface area contributed by atoms with E-state index in [0.29, 0.717) is 5.69 Å². The minimum absolute atomic E-state index is 0.0159. The van der Waals surface area contributed by atoms with Gasteiger partial charge in [-0.25, -0.2) is 4.39 Å². The summed E-state index contributed by atoms with van der Waals surface area (Å²) in [7, 11) is 0. The van der Waals surface area contributed by atoms with Crippen LogP contribution in [0, 0.1) is 5.82 Å². The quantitative estimate of drug-likeness (QED) is 0.0288. The van der Waals surface area contributed by atoms with Crippen LogP contribution in [0.1, 0.15) is 89.9 Å². The fourth-order valence-electron chi connectivity index (χ4n) is 13.7. The molecule has 0 heterocycles. The predicted molar refractivity (Wildman–Crippen MR) is 541 cm³/mol. The van der Waals surface area contributed by atoms with Crippen molar-refractivity contribution in [1.29, 1.82) is 0 Å². The number of aliphatic hydroxyl groups excluding tert-OH is 14. The fourth-order valence-corrected chi connectivity index (χ4v) is 13.7. The monoisotopic (exact) mass is 2130 g/mol. The second-order valence-corrected chi connectivity index (χ2v) is 36.1. The van der Waals surface area contributed by atoms with Gasteiger partial charge in [-0.15, -0.1) is 0 Å². The summed E-state index contributed by atoms with van der Waals surface area (Å²) in [4.78, 5) is 194. The number of nitrogens with zero attached hydrogens (tertiary/aromatic N) is 7. The number of carbonyl (C=O) groups is 14. The summed E-state index contributed by atoms with van der Waals surface area (Å²) in [6.45, 7) is -5.84. The first kappa shape index (κ1) is 136. The topological polar surface area (TPSA) is 921 Å². The lowest BCUT2D eigenvalue weighted by molar-refractivity contribution is -0.124. The van der Waals surface area contributed by atoms with Gasteiger partial charge in [0.05, 0.1) is 85.5 Å². The van der Waals surface area contributed by atoms with Crippen molar-refractivity contribution in [1.82, 2.24) is 104 Å². The van der Waals surface area contributed by atoms with Crippen LogP contribution in [0.5, 0.6) is 0 Å². The number of halogens is 1. The molecule has 0 fully saturated rings. The SMILES string of the molecule is NCC(O)CNC(=O)CCN(CCC(=O)NCC(O)CN)CC(O)CNC(=O)CCN(CCC(=O)NCC(O)CN(CCC(=O)NCC(O)CN)CCC(=O)NCC(O)CN)CC(O)CNC(=O)CCN(CCC(=O)NCC(O)CN(CCC(=O)NCC(O)CN(CCC(=O)NCC(O)CN)CCC(=O)NCC(O)CN)CCC(=O)NCC(O)CN(CCC(=O)NCC(O)CN)CCC(=O)NCC(O)CN)c1ccc(F)cc1. The van der Waals surface area contributed by atoms with Crippen molar-refractivity contribution in [3.8, 4) is 0 Å². The van der Waals surface area contributed by atoms with E-state index < -0.39 is 187 Å². The summed E-state index contributed by atoms with van der Waals surface area (Å²) in [5.41, 5.74) is 44.0. The third kappa shape index (κ3) is 73.5. The molecular formula is C90H174FN29O28. The summed E-state index contributed by atoms with van der Waals surface area (Å²) in [6, 6.07) is 5.11. The third-order valence-corrected chi connectivity index (χ3v) is 22.7. The second-order valence-electron chi connectivity index (χ2n) is 36.1. The minimum atomic E-state index is -1.38. The Kier molecular flexibility index (Phi) is 76.6. The summed E-state index contributed by atoms with van der Waals surface area (Å²) in [5.74, 6) is -8.04. The smallest absolute Gasteiger partial charge is 0.221 e. The Balaban J connectivity index is 3.53. The zero-order valence-corrected chi connectivity index (χ0v) is 85.1. The summed E-state index contributed by atoms with van der Waals surface area (Å²) in [6.07, 6.45) is -18.7. The maximum absolute atomic E-state index is 14.5. The van der Waals surface area contributed by atoms with E-state index in [0.717, 1.165) is 12.1 Å². The van der Waals surface area contributed by atoms with E-state index in [9.17, 15) is 143 Å². The van der Waals surface area contributed by atoms with Gasteiger partial charge in [0.1, 0.15) is 5.82 Å². The van der Waals surface area contributed by atoms with Crippen LogP contribution >= 0.6 is 0 Å². The van der Waals surface area contributed by atoms with E-state index in [-0.39, 0.29) is 352 Å². The third-order valence-electron chi connectivity index (χ3n) is 22.7. The van der Waals surface area contributed by atoms with Gasteiger partial charge in [-0.2, -0.15) is 0 Å². The number of anilines is 1. The Morgan fingerprint density at radius 2 is 0.297 bits per heavy atom. The number of amides is 14. The molecule has 148 heavy (non-hydrogen) atoms. The highest BCUT2D eigenvalue weighted by Crippen LogP contribution is 2.17. The molecule has 0 radical (unpaired) electrons. The van der Waals surface area contributed by atoms with Crippen LogP contribution in [0.2, 0.25) is 0 Å². The highest BCUT2D eigenvalue weighted by molar-refractivity contribution is 5.82. The Hall–Kier alpha value is -9.59. The first-order chi connectivity index (χ1) is 70.4. The molecule has 0 aromatic heterocycles. The van der Waals surface area contributed by atoms with Gasteiger partial charge in [-0.05, 0) is 24.3 Å². The van der Waals surface area contributed by atoms with Gasteiger partial charge in [-0.3, -0.25) is 96.5 Å². The molecule has 58 heteroatoms. The molecule has 0 spiro atoms. The van der Waals surface area contributed by atoms with Crippen LogP contribution in [-0.2, 0) is 67.1 Å². The molecule has 0 aliphatic heterocycles. The molecule has 0 saturated carbocycles. The number of hydrogen-bond acceptors (Lipinski definition) is 43. The molecule has 1 rings (SSSR count). The van der Waals surface area contributed by atoms with Gasteiger partial charge in [-0.1, -0.05) is 0 Å². The van der Waals surface area contributed by atoms with Crippen molar-refractivity contribution in [3.05, 3.63) is 30.1 Å². The van der Waals surface area contributed by atoms with Crippen molar-refractivity contribution in [2.75, 3.05) is 280 Å². The van der Waals surface area contributed by atoms with Crippen LogP contribution < -0.4 is 125 Å². The zero-order valence-electron chi connectivity index (χ0n) is 85.1. The average molecular weight is 2130 g/mol. The lowest BCUT2D eigenvalue weighted by atomic mass is 10.2. The largest absolute Gasteiger partial charge is 0.390 e. The Morgan fingerprint density at radius 3 is 0.412 bits per heavy atom. The molecule has 57 nitrogen and oxygen atoms in total. The molecule has 14 amide bonds. The van der Waals surface area contributed by atoms with E-state index in [1.165, 1.54) is 21.9 Å². The van der Waals surface area contributed by atoms with Crippen molar-refractivity contribution in [2.24, 2.45) is 45.9 Å². The van der Waals surface area contributed by atoms with Crippen molar-refractivity contribution < 1.29 is 143 Å². The van der Waals surface area contributed by atoms with E-state index >= 15 is 0 Å². The molecule has 854 valence electrons. The number of carbonyl (C=O) groups excluding carboxylic acids is 14. The van der Waals surface area contributed by atoms with Gasteiger partial charge in [0.2, 0.25) is 82.7 Å². The molecule has 1 aromatic carbocycles. The maximum atomic E-state index is 14.5. The molecule has 14 atom stereocenters. The number of rotatable bonds is 91. The molecule has 0 aliphatic carbocycles. The highest BCUT2D eigenvalue weighted by atomic mass is 19.1. The van der Waals surface area contributed by atoms with Gasteiger partial charge < -0.3 is 197 Å². The predicted octanol–water partition coefficient (Wildman–Crippen LogP) is -19.7. The summed E-state index contributed by atoms with van der Waals surface area (Å²) >= 11 is 0. The summed E-state index contributed by atoms with van der Waals surface area (Å²) in [5, 5.41) is 183. The Labute approximate surface area is 862 Å². The van der Waals surface area contributed by atoms with Crippen LogP contribution in [0.25, 0.3) is 0 Å². The van der Waals surface area contributed by atoms with Crippen molar-refractivity contribution in [3.63, 3.8) is 0 Å². The molecule has 0 bridgehead atoms. The molecule has 1 aromatic rings. The van der Waals surface area contributed by atoms with Gasteiger partial charge >= 0.3 is 0 Å². The highest BCUT2D eigenvalue weighted by Gasteiger charge is 2.27. The van der Waals surface area contributed by atoms with E-state index in [2.05, 4.69) is 74.4 Å². The van der Waals surface area contributed by atoms with Gasteiger partial charge in [0.15, 0.2) is 0 Å². The standard InChI is InChI=1S/C90H174FN29O28/c91-61-1-3-62(4-2-61)120(31-17-89(147)112-53-75(133)59-118(27-13-85(143)108-49-71(129)55-114(19-5-77(135)100-41-63(121)33-92)20-6-78(136)101-42-64(122)34-93)28-14-86(144)109-50-72(130)56-115(21-7-79(137)102-43-65(123)35-94)22-8-80(138)103-44-66(124)36-95)32-18-90(148)113-54-76(134)60-119(29-15-87(145)110-51-73(131)57-116(23-9-81(139)104-45-67(125)37-96)24-10-82(140)105-46-68(126)38-97)30-16-88(146)111-52-74(132)58-117(25-11-83(141)106-47-69(127)39-98)26-12-84(142)107-48-70(128)40-99/h1-4,63-76,121-134H,5-60,92-99H2,(H,100,135)(H,101,136)(H,102,137)(H,103,138)(H,104,139)(H,105,140)(H,106,141)(H,107,142)(H,108,143)(H,109,144)(H,110,145)(H,111,146)(H,112,147)(H,113,148). The zero-order chi connectivity index (χ0) is 111. The van der Waals surface area contributed by atoms with E-state index in [1.54, 1.807) is 24.5 Å². The number of aliphatic hydroxyl groups is 14. The van der Waals surface area contributed by atoms with Crippen LogP contribution in [0.15, 0.2) is 24.3 Å². The van der Waals surface area contributed by atoms with Gasteiger partial charge in [0.25, 0.3) is 0 Å². The number of hydrogen-bond donors (Lipinski definition) is 36. The lowest BCUT2D eigenvalue weighted by Crippen LogP contribution is -2.45. The van der Waals surface area contributed by atoms with Crippen LogP contribution in [0.4, 0.5) is 10.1 Å². The first-order valence-corrected chi connectivity index (χ1v) is 50.1. The number of nitrogens with two attached hydrogens (primary N) is 8. The lowest BCUT2D eigenvalue weighted by Gasteiger charge is -2.27. The van der Waals surface area contributed by atoms with E-state index in [1.807, 2.05) is 0 Å². The fraction of sp³-hybridized carbons (Fsp3) is 0.778. The molecule has 44 N–H and O–H groups in total. The van der Waals surface area contributed by atoms with Crippen molar-refractivity contribution >= 4 is 88.4 Å². The van der Waals surface area contributed by atoms with Crippen molar-refractivity contribution in [2.45, 2.75) is 175 Å². The first-order valence-electron chi connectivity index (χ1n) is 50.1. The molecule has 14 unspecified atom stereocenters. The minimum Gasteiger partial charge on any atom is -0.390 e. The van der Waals surface area contributed by atoms with Gasteiger partial charge in [0, 0.05) is 370 Å². The normalized spacial score (nSPS) is 14.4. The summed E-state index contributed by atoms with van der Waals surface area (Å²) < 4.78 is 14.5. The van der Waals surface area contributed by atoms with Crippen LogP contribution in [-0.4, -0.2) is 544 Å². The average Bonchev–Trinajstić information content (AvgIpc) is 0.873. The second kappa shape index (κ2) is 83.1. The number of nitrogens with one attached hydrogen (secondary N) is 14. The molecular weight excluding hydrogens is 1950 g/mol. The van der Waals surface area contributed by atoms with E-state index in [4.69, 9.17) is 45.9 Å². The Bertz CT molecular complexity index is 3370. The number of benzene rings is 1. The maximum Gasteiger partial charge on any atom is 0.221 e. The van der Waals surface area contributed by atoms with Crippen LogP contribution in [0.3, 0.4) is 0 Å².